The quantitative estimate of drug-likeness (QED) is 0.128. The van der Waals surface area contributed by atoms with Gasteiger partial charge in [0.2, 0.25) is 0 Å². The molecule has 2 atom stereocenters. The molecule has 2 aliphatic heterocycles. The lowest BCUT2D eigenvalue weighted by atomic mass is 9.86. The third-order valence-corrected chi connectivity index (χ3v) is 8.80. The molecule has 0 unspecified atom stereocenters. The van der Waals surface area contributed by atoms with E-state index in [4.69, 9.17) is 58.0 Å². The fraction of sp³-hybridized carbons (Fsp3) is 0.125. The van der Waals surface area contributed by atoms with Crippen molar-refractivity contribution in [1.29, 1.82) is 0 Å². The van der Waals surface area contributed by atoms with Gasteiger partial charge in [0.25, 0.3) is 17.7 Å². The van der Waals surface area contributed by atoms with Crippen molar-refractivity contribution in [2.75, 3.05) is 4.90 Å². The Bertz CT molecular complexity index is 1430. The topological polar surface area (TPSA) is 57.7 Å². The van der Waals surface area contributed by atoms with E-state index < -0.39 is 29.8 Å². The van der Waals surface area contributed by atoms with Crippen LogP contribution < -0.4 is 4.90 Å². The number of aryl methyl sites for hydroxylation is 1. The number of hydrogen-bond donors (Lipinski definition) is 0. The number of imide groups is 1. The van der Waals surface area contributed by atoms with Crippen LogP contribution in [0.15, 0.2) is 46.9 Å². The van der Waals surface area contributed by atoms with E-state index in [9.17, 15) is 14.4 Å². The monoisotopic (exact) mass is 630 g/mol. The zero-order valence-corrected chi connectivity index (χ0v) is 22.9. The van der Waals surface area contributed by atoms with Crippen molar-refractivity contribution >= 4 is 97.3 Å². The maximum atomic E-state index is 13.6. The number of carbonyl (C=O) groups excluding carboxylic acids is 3. The maximum Gasteiger partial charge on any atom is 0.264 e. The summed E-state index contributed by atoms with van der Waals surface area (Å²) in [6, 6.07) is 10.6. The highest BCUT2D eigenvalue weighted by atomic mass is 79.9. The molecule has 5 rings (SSSR count). The zero-order chi connectivity index (χ0) is 25.3. The van der Waals surface area contributed by atoms with Gasteiger partial charge in [-0.1, -0.05) is 92.1 Å². The Morgan fingerprint density at radius 2 is 1.34 bits per heavy atom. The number of halogens is 6. The number of rotatable bonds is 3. The fourth-order valence-corrected chi connectivity index (χ4v) is 5.99. The first-order valence-electron chi connectivity index (χ1n) is 10.1. The van der Waals surface area contributed by atoms with Gasteiger partial charge in [-0.15, -0.1) is 0 Å². The molecular formula is C24H12BrCl5N2O3. The Morgan fingerprint density at radius 3 is 1.89 bits per heavy atom. The van der Waals surface area contributed by atoms with Crippen LogP contribution in [-0.2, 0) is 4.79 Å². The molecule has 5 nitrogen and oxygen atoms in total. The van der Waals surface area contributed by atoms with Crippen LogP contribution in [0.5, 0.6) is 0 Å². The van der Waals surface area contributed by atoms with Gasteiger partial charge in [-0.05, 0) is 42.3 Å². The van der Waals surface area contributed by atoms with Gasteiger partial charge >= 0.3 is 0 Å². The van der Waals surface area contributed by atoms with Gasteiger partial charge in [0.05, 0.1) is 37.3 Å². The summed E-state index contributed by atoms with van der Waals surface area (Å²) >= 11 is 34.6. The van der Waals surface area contributed by atoms with Crippen molar-refractivity contribution in [3.8, 4) is 0 Å². The smallest absolute Gasteiger partial charge is 0.264 e. The molecule has 0 saturated carbocycles. The van der Waals surface area contributed by atoms with Gasteiger partial charge in [-0.2, -0.15) is 0 Å². The Kier molecular flexibility index (Phi) is 6.36. The summed E-state index contributed by atoms with van der Waals surface area (Å²) in [4.78, 5) is 42.9. The third kappa shape index (κ3) is 3.69. The Morgan fingerprint density at radius 1 is 0.743 bits per heavy atom. The summed E-state index contributed by atoms with van der Waals surface area (Å²) in [5.74, 6) is -2.00. The third-order valence-electron chi connectivity index (χ3n) is 6.10. The van der Waals surface area contributed by atoms with E-state index in [1.54, 1.807) is 24.3 Å². The molecule has 3 amide bonds. The van der Waals surface area contributed by atoms with Crippen LogP contribution in [0.1, 0.15) is 37.9 Å². The van der Waals surface area contributed by atoms with E-state index in [2.05, 4.69) is 15.9 Å². The highest BCUT2D eigenvalue weighted by Gasteiger charge is 2.58. The number of benzene rings is 3. The van der Waals surface area contributed by atoms with Crippen LogP contribution in [0.2, 0.25) is 25.1 Å². The van der Waals surface area contributed by atoms with E-state index in [1.807, 2.05) is 25.1 Å². The summed E-state index contributed by atoms with van der Waals surface area (Å²) in [5.41, 5.74) is 1.73. The molecule has 35 heavy (non-hydrogen) atoms. The first-order chi connectivity index (χ1) is 16.5. The number of fused-ring (bicyclic) bond motifs is 1. The highest BCUT2D eigenvalue weighted by molar-refractivity contribution is 9.10. The number of β-lactam (4-membered cyclic amide) rings is 1. The van der Waals surface area contributed by atoms with Crippen LogP contribution in [0.25, 0.3) is 0 Å². The van der Waals surface area contributed by atoms with Gasteiger partial charge < -0.3 is 4.90 Å². The van der Waals surface area contributed by atoms with Crippen molar-refractivity contribution in [2.45, 2.75) is 19.0 Å². The van der Waals surface area contributed by atoms with Crippen LogP contribution in [0, 0.1) is 6.92 Å². The van der Waals surface area contributed by atoms with Gasteiger partial charge in [0, 0.05) is 15.2 Å². The van der Waals surface area contributed by atoms with Gasteiger partial charge in [-0.3, -0.25) is 19.3 Å². The van der Waals surface area contributed by atoms with Gasteiger partial charge in [-0.25, -0.2) is 0 Å². The fourth-order valence-electron chi connectivity index (χ4n) is 4.39. The number of nitrogens with zero attached hydrogens (tertiary/aromatic N) is 2. The summed E-state index contributed by atoms with van der Waals surface area (Å²) < 4.78 is 0.766. The second kappa shape index (κ2) is 8.94. The number of amides is 3. The van der Waals surface area contributed by atoms with Crippen molar-refractivity contribution in [3.05, 3.63) is 94.3 Å². The molecule has 0 spiro atoms. The van der Waals surface area contributed by atoms with E-state index in [0.717, 1.165) is 14.9 Å². The molecule has 1 fully saturated rings. The molecule has 0 bridgehead atoms. The van der Waals surface area contributed by atoms with Crippen LogP contribution in [-0.4, -0.2) is 28.7 Å². The first kappa shape index (κ1) is 24.9. The molecule has 0 aliphatic carbocycles. The normalized spacial score (nSPS) is 19.3. The van der Waals surface area contributed by atoms with Gasteiger partial charge in [0.15, 0.2) is 0 Å². The summed E-state index contributed by atoms with van der Waals surface area (Å²) in [6.45, 7) is 1.85. The van der Waals surface area contributed by atoms with Crippen molar-refractivity contribution in [2.24, 2.45) is 0 Å². The van der Waals surface area contributed by atoms with Crippen LogP contribution in [0.4, 0.5) is 5.69 Å². The number of carbonyl (C=O) groups is 3. The highest BCUT2D eigenvalue weighted by Crippen LogP contribution is 2.49. The van der Waals surface area contributed by atoms with E-state index in [1.165, 1.54) is 4.90 Å². The minimum Gasteiger partial charge on any atom is -0.300 e. The lowest BCUT2D eigenvalue weighted by Gasteiger charge is -2.49. The van der Waals surface area contributed by atoms with Crippen molar-refractivity contribution in [3.63, 3.8) is 0 Å². The summed E-state index contributed by atoms with van der Waals surface area (Å²) in [7, 11) is 0. The summed E-state index contributed by atoms with van der Waals surface area (Å²) in [6.07, 6.45) is 0. The molecule has 3 aromatic rings. The van der Waals surface area contributed by atoms with E-state index >= 15 is 0 Å². The molecule has 11 heteroatoms. The molecule has 1 saturated heterocycles. The minimum absolute atomic E-state index is 0.139. The second-order valence-corrected chi connectivity index (χ2v) is 10.9. The van der Waals surface area contributed by atoms with Gasteiger partial charge in [0.1, 0.15) is 6.04 Å². The number of anilines is 1. The predicted octanol–water partition coefficient (Wildman–Crippen LogP) is 7.78. The Labute approximate surface area is 233 Å². The van der Waals surface area contributed by atoms with Crippen LogP contribution >= 0.6 is 73.9 Å². The second-order valence-electron chi connectivity index (χ2n) is 8.07. The van der Waals surface area contributed by atoms with E-state index in [-0.39, 0.29) is 31.2 Å². The minimum atomic E-state index is -1.15. The maximum absolute atomic E-state index is 13.6. The standard InChI is InChI=1S/C24H12BrCl5N2O3/c1-9-5-6-12(8-13(9)26)31-20(10-3-2-4-11(25)7-10)21(24(31)35)32-22(33)14-15(23(32)34)17(28)19(30)18(29)16(14)27/h2-8,20-21H,1H3/t20-,21-/m1/s1. The lowest BCUT2D eigenvalue weighted by molar-refractivity contribution is -0.130. The Hall–Kier alpha value is -1.80. The van der Waals surface area contributed by atoms with Crippen LogP contribution in [0.3, 0.4) is 0 Å². The van der Waals surface area contributed by atoms with E-state index in [0.29, 0.717) is 16.3 Å². The zero-order valence-electron chi connectivity index (χ0n) is 17.6. The molecule has 0 aromatic heterocycles. The number of hydrogen-bond acceptors (Lipinski definition) is 3. The van der Waals surface area contributed by atoms with Crippen molar-refractivity contribution < 1.29 is 14.4 Å². The molecule has 0 radical (unpaired) electrons. The predicted molar refractivity (Wildman–Crippen MR) is 141 cm³/mol. The first-order valence-corrected chi connectivity index (χ1v) is 12.8. The largest absolute Gasteiger partial charge is 0.300 e. The lowest BCUT2D eigenvalue weighted by Crippen LogP contribution is -2.67. The average Bonchev–Trinajstić information content (AvgIpc) is 3.07. The molecular weight excluding hydrogens is 621 g/mol. The molecule has 178 valence electrons. The summed E-state index contributed by atoms with van der Waals surface area (Å²) in [5, 5.41) is -0.177. The molecule has 3 aromatic carbocycles. The molecule has 2 aliphatic rings. The Balaban J connectivity index is 1.65. The molecule has 0 N–H and O–H groups in total. The molecule has 2 heterocycles. The van der Waals surface area contributed by atoms with Crippen molar-refractivity contribution in [1.82, 2.24) is 4.90 Å². The average molecular weight is 634 g/mol. The SMILES string of the molecule is Cc1ccc(N2C(=O)[C@H](N3C(=O)c4c(Cl)c(Cl)c(Cl)c(Cl)c4C3=O)[C@H]2c2cccc(Br)c2)cc1Cl.